The third kappa shape index (κ3) is 3.10. The number of primary amides is 1. The van der Waals surface area contributed by atoms with Crippen LogP contribution in [0.25, 0.3) is 0 Å². The van der Waals surface area contributed by atoms with E-state index < -0.39 is 5.91 Å². The van der Waals surface area contributed by atoms with Crippen LogP contribution >= 0.6 is 11.3 Å². The predicted octanol–water partition coefficient (Wildman–Crippen LogP) is -0.710. The Morgan fingerprint density at radius 2 is 2.46 bits per heavy atom. The molecule has 0 unspecified atom stereocenters. The molecule has 0 radical (unpaired) electrons. The highest BCUT2D eigenvalue weighted by Gasteiger charge is 2.05. The van der Waals surface area contributed by atoms with Crippen LogP contribution in [0.4, 0.5) is 0 Å². The molecule has 0 bridgehead atoms. The van der Waals surface area contributed by atoms with Crippen molar-refractivity contribution in [1.29, 1.82) is 0 Å². The number of hydrogen-bond acceptors (Lipinski definition) is 5. The van der Waals surface area contributed by atoms with Gasteiger partial charge in [0.1, 0.15) is 9.88 Å². The molecule has 1 heterocycles. The van der Waals surface area contributed by atoms with Crippen LogP contribution in [-0.4, -0.2) is 24.0 Å². The average Bonchev–Trinajstić information content (AvgIpc) is 2.53. The fourth-order valence-electron chi connectivity index (χ4n) is 0.803. The maximum atomic E-state index is 10.7. The lowest BCUT2D eigenvalue weighted by molar-refractivity contribution is 0.100. The van der Waals surface area contributed by atoms with Crippen molar-refractivity contribution in [2.75, 3.05) is 13.1 Å². The molecule has 0 saturated heterocycles. The van der Waals surface area contributed by atoms with E-state index in [0.29, 0.717) is 18.0 Å². The van der Waals surface area contributed by atoms with Crippen molar-refractivity contribution in [1.82, 2.24) is 10.3 Å². The van der Waals surface area contributed by atoms with E-state index >= 15 is 0 Å². The number of rotatable bonds is 5. The Balaban J connectivity index is 2.44. The zero-order valence-corrected chi connectivity index (χ0v) is 7.93. The summed E-state index contributed by atoms with van der Waals surface area (Å²) >= 11 is 1.30. The molecule has 0 aromatic carbocycles. The predicted molar refractivity (Wildman–Crippen MR) is 51.4 cm³/mol. The van der Waals surface area contributed by atoms with Gasteiger partial charge in [-0.15, -0.1) is 11.3 Å². The van der Waals surface area contributed by atoms with Crippen molar-refractivity contribution in [3.8, 4) is 0 Å². The van der Waals surface area contributed by atoms with Gasteiger partial charge in [-0.1, -0.05) is 0 Å². The molecule has 0 aliphatic carbocycles. The van der Waals surface area contributed by atoms with Gasteiger partial charge in [0.2, 0.25) is 0 Å². The lowest BCUT2D eigenvalue weighted by Crippen LogP contribution is -2.21. The molecule has 5 nitrogen and oxygen atoms in total. The normalized spacial score (nSPS) is 10.2. The van der Waals surface area contributed by atoms with Gasteiger partial charge in [-0.3, -0.25) is 4.79 Å². The van der Waals surface area contributed by atoms with Crippen LogP contribution in [0, 0.1) is 0 Å². The number of carbonyl (C=O) groups excluding carboxylic acids is 1. The summed E-state index contributed by atoms with van der Waals surface area (Å²) in [5.74, 6) is -0.428. The van der Waals surface area contributed by atoms with Crippen LogP contribution < -0.4 is 16.8 Å². The zero-order chi connectivity index (χ0) is 9.68. The summed E-state index contributed by atoms with van der Waals surface area (Å²) in [6, 6.07) is 0. The number of hydrogen-bond donors (Lipinski definition) is 3. The van der Waals surface area contributed by atoms with E-state index in [1.54, 1.807) is 0 Å². The maximum absolute atomic E-state index is 10.7. The molecule has 0 fully saturated rings. The lowest BCUT2D eigenvalue weighted by Gasteiger charge is -1.97. The number of carbonyl (C=O) groups is 1. The molecule has 0 spiro atoms. The highest BCUT2D eigenvalue weighted by molar-refractivity contribution is 7.13. The van der Waals surface area contributed by atoms with Crippen LogP contribution in [0.1, 0.15) is 14.7 Å². The zero-order valence-electron chi connectivity index (χ0n) is 7.12. The lowest BCUT2D eigenvalue weighted by atomic mass is 10.5. The second-order valence-corrected chi connectivity index (χ2v) is 3.56. The molecule has 1 aromatic rings. The first-order valence-corrected chi connectivity index (χ1v) is 4.71. The number of thiazole rings is 1. The van der Waals surface area contributed by atoms with E-state index in [-0.39, 0.29) is 0 Å². The van der Waals surface area contributed by atoms with Crippen molar-refractivity contribution in [2.24, 2.45) is 11.5 Å². The van der Waals surface area contributed by atoms with Gasteiger partial charge in [0.05, 0.1) is 6.20 Å². The molecule has 0 saturated carbocycles. The molecule has 1 rings (SSSR count). The average molecular weight is 200 g/mol. The Labute approximate surface area is 80.1 Å². The minimum absolute atomic E-state index is 0.428. The number of nitrogens with one attached hydrogen (secondary N) is 1. The number of amides is 1. The van der Waals surface area contributed by atoms with E-state index in [2.05, 4.69) is 10.3 Å². The third-order valence-electron chi connectivity index (χ3n) is 1.39. The van der Waals surface area contributed by atoms with Crippen molar-refractivity contribution in [2.45, 2.75) is 6.54 Å². The van der Waals surface area contributed by atoms with Crippen LogP contribution in [0.2, 0.25) is 0 Å². The van der Waals surface area contributed by atoms with E-state index in [1.807, 2.05) is 0 Å². The summed E-state index contributed by atoms with van der Waals surface area (Å²) < 4.78 is 0. The smallest absolute Gasteiger partial charge is 0.260 e. The molecule has 1 amide bonds. The summed E-state index contributed by atoms with van der Waals surface area (Å²) in [7, 11) is 0. The Morgan fingerprint density at radius 3 is 3.00 bits per heavy atom. The van der Waals surface area contributed by atoms with Gasteiger partial charge in [-0.2, -0.15) is 0 Å². The summed E-state index contributed by atoms with van der Waals surface area (Å²) in [4.78, 5) is 15.2. The quantitative estimate of drug-likeness (QED) is 0.547. The summed E-state index contributed by atoms with van der Waals surface area (Å²) in [5, 5.41) is 3.92. The highest BCUT2D eigenvalue weighted by atomic mass is 32.1. The van der Waals surface area contributed by atoms with Gasteiger partial charge in [0, 0.05) is 19.6 Å². The topological polar surface area (TPSA) is 94.0 Å². The molecule has 0 aliphatic heterocycles. The van der Waals surface area contributed by atoms with E-state index in [1.165, 1.54) is 17.5 Å². The first kappa shape index (κ1) is 10.1. The van der Waals surface area contributed by atoms with Gasteiger partial charge in [-0.05, 0) is 0 Å². The van der Waals surface area contributed by atoms with Crippen LogP contribution in [0.3, 0.4) is 0 Å². The SMILES string of the molecule is NCCNCc1ncc(C(N)=O)s1. The third-order valence-corrected chi connectivity index (χ3v) is 2.41. The van der Waals surface area contributed by atoms with Crippen molar-refractivity contribution >= 4 is 17.2 Å². The van der Waals surface area contributed by atoms with Gasteiger partial charge in [0.25, 0.3) is 5.91 Å². The first-order valence-electron chi connectivity index (χ1n) is 3.89. The molecule has 72 valence electrons. The minimum Gasteiger partial charge on any atom is -0.365 e. The number of aromatic nitrogens is 1. The van der Waals surface area contributed by atoms with Gasteiger partial charge < -0.3 is 16.8 Å². The van der Waals surface area contributed by atoms with Gasteiger partial charge >= 0.3 is 0 Å². The fraction of sp³-hybridized carbons (Fsp3) is 0.429. The Kier molecular flexibility index (Phi) is 3.81. The fourth-order valence-corrected chi connectivity index (χ4v) is 1.54. The second kappa shape index (κ2) is 4.90. The highest BCUT2D eigenvalue weighted by Crippen LogP contribution is 2.11. The van der Waals surface area contributed by atoms with E-state index in [0.717, 1.165) is 11.6 Å². The number of nitrogens with zero attached hydrogens (tertiary/aromatic N) is 1. The van der Waals surface area contributed by atoms with Crippen molar-refractivity contribution in [3.05, 3.63) is 16.1 Å². The molecule has 0 aliphatic rings. The molecule has 0 atom stereocenters. The molecule has 1 aromatic heterocycles. The van der Waals surface area contributed by atoms with Gasteiger partial charge in [0.15, 0.2) is 0 Å². The molecular formula is C7H12N4OS. The standard InChI is InChI=1S/C7H12N4OS/c8-1-2-10-4-6-11-3-5(13-6)7(9)12/h3,10H,1-2,4,8H2,(H2,9,12). The molecule has 6 heteroatoms. The minimum atomic E-state index is -0.428. The Morgan fingerprint density at radius 1 is 1.69 bits per heavy atom. The monoisotopic (exact) mass is 200 g/mol. The maximum Gasteiger partial charge on any atom is 0.260 e. The van der Waals surface area contributed by atoms with Crippen LogP contribution in [0.5, 0.6) is 0 Å². The van der Waals surface area contributed by atoms with Crippen LogP contribution in [0.15, 0.2) is 6.20 Å². The summed E-state index contributed by atoms with van der Waals surface area (Å²) in [6.07, 6.45) is 1.49. The Bertz CT molecular complexity index is 286. The number of nitrogens with two attached hydrogens (primary N) is 2. The molecule has 5 N–H and O–H groups in total. The summed E-state index contributed by atoms with van der Waals surface area (Å²) in [5.41, 5.74) is 10.4. The largest absolute Gasteiger partial charge is 0.365 e. The van der Waals surface area contributed by atoms with Crippen LogP contribution in [-0.2, 0) is 6.54 Å². The summed E-state index contributed by atoms with van der Waals surface area (Å²) in [6.45, 7) is 1.97. The molecular weight excluding hydrogens is 188 g/mol. The second-order valence-electron chi connectivity index (χ2n) is 2.45. The van der Waals surface area contributed by atoms with E-state index in [4.69, 9.17) is 11.5 Å². The molecule has 13 heavy (non-hydrogen) atoms. The Hall–Kier alpha value is -0.980. The van der Waals surface area contributed by atoms with Crippen molar-refractivity contribution < 1.29 is 4.79 Å². The van der Waals surface area contributed by atoms with E-state index in [9.17, 15) is 4.79 Å². The van der Waals surface area contributed by atoms with Gasteiger partial charge in [-0.25, -0.2) is 4.98 Å². The van der Waals surface area contributed by atoms with Crippen molar-refractivity contribution in [3.63, 3.8) is 0 Å². The first-order chi connectivity index (χ1) is 6.24.